The van der Waals surface area contributed by atoms with E-state index in [1.54, 1.807) is 35.3 Å². The minimum absolute atomic E-state index is 0.215. The topological polar surface area (TPSA) is 84.7 Å². The average Bonchev–Trinajstić information content (AvgIpc) is 3.27. The van der Waals surface area contributed by atoms with Crippen molar-refractivity contribution in [2.45, 2.75) is 23.9 Å². The maximum absolute atomic E-state index is 14.1. The molecular weight excluding hydrogens is 463 g/mol. The van der Waals surface area contributed by atoms with Gasteiger partial charge in [-0.15, -0.1) is 5.10 Å². The summed E-state index contributed by atoms with van der Waals surface area (Å²) in [6.45, 7) is 6.08. The Morgan fingerprint density at radius 3 is 2.74 bits per heavy atom. The Morgan fingerprint density at radius 2 is 1.97 bits per heavy atom. The zero-order chi connectivity index (χ0) is 24.4. The standard InChI is InChI=1S/C26H23FN6OS/c1-16-8-3-6-12-21(16)30-24(34)22-17(2)29-25-31-26(35-15-19-9-4-5-11-20(19)27)32-33(25)23(22)18-10-7-13-28-14-18/h3-14,22-23H,2,15H2,1H3,(H,30,34)(H,29,31,32). The van der Waals surface area contributed by atoms with Gasteiger partial charge in [0.1, 0.15) is 11.7 Å². The number of nitrogens with zero attached hydrogens (tertiary/aromatic N) is 4. The third kappa shape index (κ3) is 4.67. The Bertz CT molecular complexity index is 1390. The molecule has 7 nitrogen and oxygen atoms in total. The summed E-state index contributed by atoms with van der Waals surface area (Å²) in [4.78, 5) is 22.4. The fourth-order valence-electron chi connectivity index (χ4n) is 4.06. The van der Waals surface area contributed by atoms with Gasteiger partial charge in [0.2, 0.25) is 17.0 Å². The summed E-state index contributed by atoms with van der Waals surface area (Å²) in [6.07, 6.45) is 3.40. The van der Waals surface area contributed by atoms with Crippen molar-refractivity contribution in [2.75, 3.05) is 10.6 Å². The number of para-hydroxylation sites is 1. The number of fused-ring (bicyclic) bond motifs is 1. The Labute approximate surface area is 206 Å². The Kier molecular flexibility index (Phi) is 6.33. The number of amides is 1. The van der Waals surface area contributed by atoms with Gasteiger partial charge >= 0.3 is 0 Å². The molecule has 176 valence electrons. The number of nitrogens with one attached hydrogen (secondary N) is 2. The second kappa shape index (κ2) is 9.71. The summed E-state index contributed by atoms with van der Waals surface area (Å²) in [5.74, 6) is -0.299. The average molecular weight is 487 g/mol. The lowest BCUT2D eigenvalue weighted by atomic mass is 9.89. The minimum Gasteiger partial charge on any atom is -0.328 e. The number of thioether (sulfide) groups is 1. The number of benzene rings is 2. The number of rotatable bonds is 6. The predicted molar refractivity (Wildman–Crippen MR) is 134 cm³/mol. The van der Waals surface area contributed by atoms with Gasteiger partial charge in [0.25, 0.3) is 0 Å². The van der Waals surface area contributed by atoms with Crippen LogP contribution in [-0.4, -0.2) is 25.7 Å². The zero-order valence-corrected chi connectivity index (χ0v) is 19.8. The van der Waals surface area contributed by atoms with E-state index in [0.717, 1.165) is 16.8 Å². The van der Waals surface area contributed by atoms with E-state index in [1.165, 1.54) is 17.8 Å². The zero-order valence-electron chi connectivity index (χ0n) is 19.0. The molecule has 2 unspecified atom stereocenters. The smallest absolute Gasteiger partial charge is 0.235 e. The van der Waals surface area contributed by atoms with Crippen LogP contribution in [0.3, 0.4) is 0 Å². The van der Waals surface area contributed by atoms with Crippen LogP contribution >= 0.6 is 11.8 Å². The van der Waals surface area contributed by atoms with Gasteiger partial charge in [0, 0.05) is 29.5 Å². The summed E-state index contributed by atoms with van der Waals surface area (Å²) in [5, 5.41) is 11.3. The van der Waals surface area contributed by atoms with Gasteiger partial charge in [-0.05, 0) is 41.8 Å². The predicted octanol–water partition coefficient (Wildman–Crippen LogP) is 5.20. The third-order valence-corrected chi connectivity index (χ3v) is 6.75. The molecule has 0 saturated heterocycles. The lowest BCUT2D eigenvalue weighted by Crippen LogP contribution is -2.39. The molecule has 0 spiro atoms. The molecule has 2 aromatic heterocycles. The molecule has 5 rings (SSSR count). The normalized spacial score (nSPS) is 16.9. The molecule has 0 aliphatic carbocycles. The fourth-order valence-corrected chi connectivity index (χ4v) is 4.88. The number of anilines is 2. The number of hydrogen-bond donors (Lipinski definition) is 2. The molecular formula is C26H23FN6OS. The SMILES string of the molecule is C=C1Nc2nc(SCc3ccccc3F)nn2C(c2cccnc2)C1C(=O)Nc1ccccc1C. The molecule has 1 aliphatic rings. The van der Waals surface area contributed by atoms with Crippen molar-refractivity contribution >= 4 is 29.3 Å². The second-order valence-electron chi connectivity index (χ2n) is 8.21. The van der Waals surface area contributed by atoms with Crippen molar-refractivity contribution in [1.82, 2.24) is 19.7 Å². The summed E-state index contributed by atoms with van der Waals surface area (Å²) in [7, 11) is 0. The third-order valence-electron chi connectivity index (χ3n) is 5.86. The summed E-state index contributed by atoms with van der Waals surface area (Å²) >= 11 is 1.32. The Morgan fingerprint density at radius 1 is 1.17 bits per heavy atom. The van der Waals surface area contributed by atoms with E-state index in [9.17, 15) is 9.18 Å². The van der Waals surface area contributed by atoms with Crippen molar-refractivity contribution in [1.29, 1.82) is 0 Å². The van der Waals surface area contributed by atoms with Crippen molar-refractivity contribution in [2.24, 2.45) is 5.92 Å². The molecule has 2 N–H and O–H groups in total. The molecule has 1 amide bonds. The summed E-state index contributed by atoms with van der Waals surface area (Å²) in [5.41, 5.74) is 3.58. The molecule has 2 atom stereocenters. The van der Waals surface area contributed by atoms with Gasteiger partial charge in [-0.3, -0.25) is 9.78 Å². The number of pyridine rings is 1. The lowest BCUT2D eigenvalue weighted by Gasteiger charge is -2.33. The number of hydrogen-bond acceptors (Lipinski definition) is 6. The summed E-state index contributed by atoms with van der Waals surface area (Å²) in [6, 6.07) is 17.5. The molecule has 4 aromatic rings. The largest absolute Gasteiger partial charge is 0.328 e. The molecule has 9 heteroatoms. The minimum atomic E-state index is -0.669. The van der Waals surface area contributed by atoms with Crippen molar-refractivity contribution in [3.8, 4) is 0 Å². The van der Waals surface area contributed by atoms with Gasteiger partial charge in [-0.1, -0.05) is 60.8 Å². The van der Waals surface area contributed by atoms with Crippen LogP contribution in [0.1, 0.15) is 22.7 Å². The Hall–Kier alpha value is -3.98. The van der Waals surface area contributed by atoms with E-state index in [-0.39, 0.29) is 11.7 Å². The number of carbonyl (C=O) groups excluding carboxylic acids is 1. The van der Waals surface area contributed by atoms with Crippen LogP contribution in [0, 0.1) is 18.7 Å². The fraction of sp³-hybridized carbons (Fsp3) is 0.154. The van der Waals surface area contributed by atoms with Crippen molar-refractivity contribution in [3.63, 3.8) is 0 Å². The maximum Gasteiger partial charge on any atom is 0.235 e. The lowest BCUT2D eigenvalue weighted by molar-refractivity contribution is -0.119. The van der Waals surface area contributed by atoms with Gasteiger partial charge in [-0.2, -0.15) is 4.98 Å². The number of aryl methyl sites for hydroxylation is 1. The van der Waals surface area contributed by atoms with Crippen molar-refractivity contribution < 1.29 is 9.18 Å². The highest BCUT2D eigenvalue weighted by Gasteiger charge is 2.40. The molecule has 35 heavy (non-hydrogen) atoms. The first-order chi connectivity index (χ1) is 17.0. The van der Waals surface area contributed by atoms with Crippen LogP contribution in [0.5, 0.6) is 0 Å². The van der Waals surface area contributed by atoms with E-state index in [1.807, 2.05) is 43.3 Å². The first kappa shape index (κ1) is 22.8. The van der Waals surface area contributed by atoms with Crippen LogP contribution < -0.4 is 10.6 Å². The van der Waals surface area contributed by atoms with Crippen LogP contribution in [0.15, 0.2) is 90.5 Å². The second-order valence-corrected chi connectivity index (χ2v) is 9.15. The van der Waals surface area contributed by atoms with E-state index in [4.69, 9.17) is 0 Å². The van der Waals surface area contributed by atoms with Gasteiger partial charge < -0.3 is 10.6 Å². The highest BCUT2D eigenvalue weighted by molar-refractivity contribution is 7.98. The molecule has 0 radical (unpaired) electrons. The number of carbonyl (C=O) groups is 1. The van der Waals surface area contributed by atoms with Gasteiger partial charge in [0.15, 0.2) is 0 Å². The van der Waals surface area contributed by atoms with E-state index in [0.29, 0.717) is 28.1 Å². The number of aromatic nitrogens is 4. The van der Waals surface area contributed by atoms with Crippen LogP contribution in [0.2, 0.25) is 0 Å². The van der Waals surface area contributed by atoms with Crippen molar-refractivity contribution in [3.05, 3.63) is 108 Å². The molecule has 0 saturated carbocycles. The van der Waals surface area contributed by atoms with Crippen LogP contribution in [-0.2, 0) is 10.5 Å². The highest BCUT2D eigenvalue weighted by Crippen LogP contribution is 2.39. The summed E-state index contributed by atoms with van der Waals surface area (Å²) < 4.78 is 15.8. The van der Waals surface area contributed by atoms with E-state index < -0.39 is 12.0 Å². The molecule has 3 heterocycles. The molecule has 0 bridgehead atoms. The van der Waals surface area contributed by atoms with Gasteiger partial charge in [-0.25, -0.2) is 9.07 Å². The van der Waals surface area contributed by atoms with Gasteiger partial charge in [0.05, 0.1) is 6.04 Å². The monoisotopic (exact) mass is 486 g/mol. The number of halogens is 1. The van der Waals surface area contributed by atoms with E-state index >= 15 is 0 Å². The van der Waals surface area contributed by atoms with Crippen LogP contribution in [0.4, 0.5) is 16.0 Å². The first-order valence-corrected chi connectivity index (χ1v) is 12.0. The highest BCUT2D eigenvalue weighted by atomic mass is 32.2. The van der Waals surface area contributed by atoms with Crippen LogP contribution in [0.25, 0.3) is 0 Å². The molecule has 2 aromatic carbocycles. The maximum atomic E-state index is 14.1. The van der Waals surface area contributed by atoms with E-state index in [2.05, 4.69) is 32.3 Å². The first-order valence-electron chi connectivity index (χ1n) is 11.1. The Balaban J connectivity index is 1.48. The molecule has 0 fully saturated rings. The molecule has 1 aliphatic heterocycles. The quantitative estimate of drug-likeness (QED) is 0.365.